The highest BCUT2D eigenvalue weighted by Gasteiger charge is 2.03. The first-order chi connectivity index (χ1) is 5.24. The summed E-state index contributed by atoms with van der Waals surface area (Å²) >= 11 is 0. The summed E-state index contributed by atoms with van der Waals surface area (Å²) in [6, 6.07) is 2.00. The standard InChI is InChI=1S/C8H8N2O/c1-6(11)2-7-4-10-5-8(7)3-9/h4-5,10H,2H2,1H3. The second kappa shape index (κ2) is 3.02. The quantitative estimate of drug-likeness (QED) is 0.680. The Balaban J connectivity index is 2.87. The maximum Gasteiger partial charge on any atom is 0.134 e. The average molecular weight is 148 g/mol. The molecule has 0 fully saturated rings. The van der Waals surface area contributed by atoms with Crippen molar-refractivity contribution in [3.05, 3.63) is 23.5 Å². The molecule has 0 spiro atoms. The maximum atomic E-state index is 10.7. The third-order valence-electron chi connectivity index (χ3n) is 1.39. The first kappa shape index (κ1) is 7.55. The highest BCUT2D eigenvalue weighted by molar-refractivity contribution is 5.78. The van der Waals surface area contributed by atoms with Crippen LogP contribution in [0.5, 0.6) is 0 Å². The number of H-pyrrole nitrogens is 1. The van der Waals surface area contributed by atoms with Gasteiger partial charge in [-0.2, -0.15) is 5.26 Å². The fourth-order valence-corrected chi connectivity index (χ4v) is 0.915. The number of hydrogen-bond acceptors (Lipinski definition) is 2. The molecule has 0 aliphatic carbocycles. The van der Waals surface area contributed by atoms with E-state index in [9.17, 15) is 4.79 Å². The summed E-state index contributed by atoms with van der Waals surface area (Å²) in [5.41, 5.74) is 1.33. The number of ketones is 1. The predicted octanol–water partition coefficient (Wildman–Crippen LogP) is 1.02. The lowest BCUT2D eigenvalue weighted by atomic mass is 10.1. The monoisotopic (exact) mass is 148 g/mol. The van der Waals surface area contributed by atoms with Crippen LogP contribution in [0, 0.1) is 11.3 Å². The molecule has 0 amide bonds. The van der Waals surface area contributed by atoms with Gasteiger partial charge in [-0.25, -0.2) is 0 Å². The molecule has 11 heavy (non-hydrogen) atoms. The zero-order valence-electron chi connectivity index (χ0n) is 6.22. The molecule has 0 aliphatic rings. The SMILES string of the molecule is CC(=O)Cc1c[nH]cc1C#N. The van der Waals surface area contributed by atoms with Crippen molar-refractivity contribution < 1.29 is 4.79 Å². The third kappa shape index (κ3) is 1.68. The van der Waals surface area contributed by atoms with Crippen molar-refractivity contribution in [3.63, 3.8) is 0 Å². The number of rotatable bonds is 2. The van der Waals surface area contributed by atoms with Crippen LogP contribution in [0.3, 0.4) is 0 Å². The van der Waals surface area contributed by atoms with Crippen molar-refractivity contribution in [3.8, 4) is 6.07 Å². The van der Waals surface area contributed by atoms with E-state index in [0.717, 1.165) is 5.56 Å². The van der Waals surface area contributed by atoms with Gasteiger partial charge in [0.1, 0.15) is 11.9 Å². The Bertz CT molecular complexity index is 306. The van der Waals surface area contributed by atoms with E-state index in [2.05, 4.69) is 4.98 Å². The van der Waals surface area contributed by atoms with Crippen LogP contribution in [0.2, 0.25) is 0 Å². The van der Waals surface area contributed by atoms with E-state index in [4.69, 9.17) is 5.26 Å². The molecule has 0 bridgehead atoms. The molecular formula is C8H8N2O. The number of aromatic nitrogens is 1. The van der Waals surface area contributed by atoms with Gasteiger partial charge in [0.15, 0.2) is 0 Å². The predicted molar refractivity (Wildman–Crippen MR) is 39.9 cm³/mol. The maximum absolute atomic E-state index is 10.7. The van der Waals surface area contributed by atoms with Crippen LogP contribution in [0.4, 0.5) is 0 Å². The summed E-state index contributed by atoms with van der Waals surface area (Å²) in [7, 11) is 0. The van der Waals surface area contributed by atoms with Gasteiger partial charge in [0.25, 0.3) is 0 Å². The summed E-state index contributed by atoms with van der Waals surface area (Å²) in [4.78, 5) is 13.4. The van der Waals surface area contributed by atoms with Crippen molar-refractivity contribution in [2.24, 2.45) is 0 Å². The number of carbonyl (C=O) groups is 1. The molecule has 1 N–H and O–H groups in total. The second-order valence-electron chi connectivity index (χ2n) is 2.38. The summed E-state index contributed by atoms with van der Waals surface area (Å²) in [6.07, 6.45) is 3.62. The van der Waals surface area contributed by atoms with Crippen molar-refractivity contribution in [1.29, 1.82) is 5.26 Å². The molecule has 1 aromatic rings. The highest BCUT2D eigenvalue weighted by atomic mass is 16.1. The smallest absolute Gasteiger partial charge is 0.134 e. The molecular weight excluding hydrogens is 140 g/mol. The minimum absolute atomic E-state index is 0.0705. The van der Waals surface area contributed by atoms with Gasteiger partial charge in [-0.1, -0.05) is 0 Å². The van der Waals surface area contributed by atoms with Gasteiger partial charge in [0.2, 0.25) is 0 Å². The van der Waals surface area contributed by atoms with E-state index in [0.29, 0.717) is 12.0 Å². The average Bonchev–Trinajstić information content (AvgIpc) is 2.34. The molecule has 3 nitrogen and oxygen atoms in total. The number of nitrogens with one attached hydrogen (secondary N) is 1. The number of carbonyl (C=O) groups excluding carboxylic acids is 1. The van der Waals surface area contributed by atoms with Gasteiger partial charge in [0, 0.05) is 18.8 Å². The summed E-state index contributed by atoms with van der Waals surface area (Å²) in [5.74, 6) is 0.0705. The Labute approximate surface area is 64.7 Å². The zero-order chi connectivity index (χ0) is 8.27. The van der Waals surface area contributed by atoms with E-state index in [-0.39, 0.29) is 5.78 Å². The zero-order valence-corrected chi connectivity index (χ0v) is 6.22. The Morgan fingerprint density at radius 3 is 3.00 bits per heavy atom. The van der Waals surface area contributed by atoms with Gasteiger partial charge in [-0.3, -0.25) is 4.79 Å². The molecule has 1 heterocycles. The first-order valence-electron chi connectivity index (χ1n) is 3.29. The van der Waals surface area contributed by atoms with Gasteiger partial charge >= 0.3 is 0 Å². The van der Waals surface area contributed by atoms with Crippen LogP contribution in [0.1, 0.15) is 18.1 Å². The minimum atomic E-state index is 0.0705. The van der Waals surface area contributed by atoms with Crippen molar-refractivity contribution >= 4 is 5.78 Å². The molecule has 0 atom stereocenters. The molecule has 1 aromatic heterocycles. The van der Waals surface area contributed by atoms with Crippen LogP contribution in [0.25, 0.3) is 0 Å². The lowest BCUT2D eigenvalue weighted by Crippen LogP contribution is -1.95. The molecule has 0 aliphatic heterocycles. The molecule has 1 rings (SSSR count). The number of aromatic amines is 1. The summed E-state index contributed by atoms with van der Waals surface area (Å²) < 4.78 is 0. The molecule has 0 radical (unpaired) electrons. The van der Waals surface area contributed by atoms with E-state index < -0.39 is 0 Å². The number of Topliss-reactive ketones (excluding diaryl/α,β-unsaturated/α-hetero) is 1. The first-order valence-corrected chi connectivity index (χ1v) is 3.29. The molecule has 0 saturated carbocycles. The minimum Gasteiger partial charge on any atom is -0.366 e. The fraction of sp³-hybridized carbons (Fsp3) is 0.250. The van der Waals surface area contributed by atoms with Crippen LogP contribution in [-0.2, 0) is 11.2 Å². The highest BCUT2D eigenvalue weighted by Crippen LogP contribution is 2.06. The number of hydrogen-bond donors (Lipinski definition) is 1. The molecule has 0 unspecified atom stereocenters. The van der Waals surface area contributed by atoms with Crippen molar-refractivity contribution in [2.45, 2.75) is 13.3 Å². The Hall–Kier alpha value is -1.56. The van der Waals surface area contributed by atoms with Crippen LogP contribution < -0.4 is 0 Å². The van der Waals surface area contributed by atoms with Gasteiger partial charge in [-0.15, -0.1) is 0 Å². The van der Waals surface area contributed by atoms with Gasteiger partial charge in [-0.05, 0) is 12.5 Å². The number of nitrogens with zero attached hydrogens (tertiary/aromatic N) is 1. The van der Waals surface area contributed by atoms with E-state index in [1.165, 1.54) is 6.92 Å². The lowest BCUT2D eigenvalue weighted by molar-refractivity contribution is -0.116. The van der Waals surface area contributed by atoms with Gasteiger partial charge < -0.3 is 4.98 Å². The van der Waals surface area contributed by atoms with Gasteiger partial charge in [0.05, 0.1) is 5.56 Å². The molecule has 0 saturated heterocycles. The Kier molecular flexibility index (Phi) is 2.07. The molecule has 0 aromatic carbocycles. The van der Waals surface area contributed by atoms with Crippen LogP contribution in [0.15, 0.2) is 12.4 Å². The largest absolute Gasteiger partial charge is 0.366 e. The summed E-state index contributed by atoms with van der Waals surface area (Å²) in [6.45, 7) is 1.51. The van der Waals surface area contributed by atoms with E-state index in [1.807, 2.05) is 6.07 Å². The molecule has 3 heteroatoms. The van der Waals surface area contributed by atoms with Crippen molar-refractivity contribution in [1.82, 2.24) is 4.98 Å². The second-order valence-corrected chi connectivity index (χ2v) is 2.38. The normalized spacial score (nSPS) is 9.09. The molecule has 56 valence electrons. The third-order valence-corrected chi connectivity index (χ3v) is 1.39. The van der Waals surface area contributed by atoms with Crippen LogP contribution >= 0.6 is 0 Å². The topological polar surface area (TPSA) is 56.6 Å². The summed E-state index contributed by atoms with van der Waals surface area (Å²) in [5, 5.41) is 8.54. The van der Waals surface area contributed by atoms with Crippen LogP contribution in [-0.4, -0.2) is 10.8 Å². The lowest BCUT2D eigenvalue weighted by Gasteiger charge is -1.90. The Morgan fingerprint density at radius 1 is 1.73 bits per heavy atom. The number of nitriles is 1. The van der Waals surface area contributed by atoms with E-state index >= 15 is 0 Å². The fourth-order valence-electron chi connectivity index (χ4n) is 0.915. The Morgan fingerprint density at radius 2 is 2.45 bits per heavy atom. The van der Waals surface area contributed by atoms with Crippen molar-refractivity contribution in [2.75, 3.05) is 0 Å². The van der Waals surface area contributed by atoms with E-state index in [1.54, 1.807) is 12.4 Å².